The maximum Gasteiger partial charge on any atom is 0.339 e. The van der Waals surface area contributed by atoms with E-state index in [0.717, 1.165) is 53.5 Å². The molecule has 0 aliphatic heterocycles. The van der Waals surface area contributed by atoms with Crippen LogP contribution in [0.2, 0.25) is 0 Å². The van der Waals surface area contributed by atoms with E-state index in [2.05, 4.69) is 155 Å². The van der Waals surface area contributed by atoms with Crippen LogP contribution in [0.1, 0.15) is 118 Å². The van der Waals surface area contributed by atoms with E-state index in [1.54, 1.807) is 12.1 Å². The fourth-order valence-electron chi connectivity index (χ4n) is 4.58. The number of hydrogen-bond acceptors (Lipinski definition) is 6. The summed E-state index contributed by atoms with van der Waals surface area (Å²) < 4.78 is 22.1. The maximum absolute atomic E-state index is 13.2. The summed E-state index contributed by atoms with van der Waals surface area (Å²) in [6.07, 6.45) is 19.4. The Morgan fingerprint density at radius 1 is 0.617 bits per heavy atom. The van der Waals surface area contributed by atoms with Gasteiger partial charge in [0.1, 0.15) is 13.2 Å². The van der Waals surface area contributed by atoms with Crippen LogP contribution in [-0.4, -0.2) is 37.2 Å². The second kappa shape index (κ2) is 25.8. The molecule has 6 nitrogen and oxygen atoms in total. The molecule has 0 spiro atoms. The lowest BCUT2D eigenvalue weighted by atomic mass is 10.1. The predicted octanol–water partition coefficient (Wildman–Crippen LogP) is 12.3. The second-order valence-electron chi connectivity index (χ2n) is 11.1. The van der Waals surface area contributed by atoms with E-state index in [1.807, 2.05) is 12.1 Å². The third-order valence-electron chi connectivity index (χ3n) is 7.17. The van der Waals surface area contributed by atoms with Crippen molar-refractivity contribution in [2.24, 2.45) is 0 Å². The first-order valence-corrected chi connectivity index (χ1v) is 22.5. The third kappa shape index (κ3) is 18.3. The number of unbranched alkanes of at least 4 members (excludes halogenated alkanes) is 11. The average Bonchev–Trinajstić information content (AvgIpc) is 3.03. The zero-order chi connectivity index (χ0) is 34.6. The van der Waals surface area contributed by atoms with E-state index in [0.29, 0.717) is 17.5 Å². The van der Waals surface area contributed by atoms with Gasteiger partial charge in [0.15, 0.2) is 6.10 Å². The molecule has 0 radical (unpaired) electrons. The molecule has 47 heavy (non-hydrogen) atoms. The molecule has 0 saturated carbocycles. The van der Waals surface area contributed by atoms with Gasteiger partial charge in [0.25, 0.3) is 0 Å². The lowest BCUT2D eigenvalue weighted by Crippen LogP contribution is -2.31. The molecule has 2 aromatic rings. The van der Waals surface area contributed by atoms with Gasteiger partial charge in [-0.1, -0.05) is 70.4 Å². The Kier molecular flexibility index (Phi) is 24.3. The van der Waals surface area contributed by atoms with Crippen molar-refractivity contribution in [2.75, 3.05) is 13.2 Å². The summed E-state index contributed by atoms with van der Waals surface area (Å²) in [7, 11) is 0. The molecule has 0 fully saturated rings. The number of carbonyl (C=O) groups excluding carboxylic acids is 3. The Balaban J connectivity index is 1.80. The van der Waals surface area contributed by atoms with Gasteiger partial charge < -0.3 is 14.2 Å². The first kappa shape index (κ1) is 44.1. The van der Waals surface area contributed by atoms with Crippen LogP contribution in [-0.2, 0) is 19.0 Å². The van der Waals surface area contributed by atoms with Crippen LogP contribution in [0.25, 0.3) is 0 Å². The standard InChI is InChI=1S/C35H42I6O6/c1-2-3-4-5-6-7-8-9-10-11-12-13-14-15-16-17-31(42)45-22-26(47-35(44)28-19-25(37)21-30(39)33(28)41)23-46-34(43)27-18-24(36)20-29(38)32(27)40/h9-10,18-21,26H,2-8,11-17,22-23H2,1H3/b10-9-. The van der Waals surface area contributed by atoms with Crippen molar-refractivity contribution in [2.45, 2.75) is 103 Å². The van der Waals surface area contributed by atoms with Gasteiger partial charge in [0.05, 0.1) is 11.1 Å². The first-order chi connectivity index (χ1) is 22.5. The van der Waals surface area contributed by atoms with Crippen LogP contribution < -0.4 is 0 Å². The Labute approximate surface area is 362 Å². The van der Waals surface area contributed by atoms with Crippen LogP contribution in [0.15, 0.2) is 36.4 Å². The minimum atomic E-state index is -0.949. The van der Waals surface area contributed by atoms with E-state index in [1.165, 1.54) is 51.4 Å². The van der Waals surface area contributed by atoms with Gasteiger partial charge in [-0.2, -0.15) is 0 Å². The number of esters is 3. The van der Waals surface area contributed by atoms with Gasteiger partial charge in [-0.15, -0.1) is 0 Å². The Morgan fingerprint density at radius 3 is 1.64 bits per heavy atom. The quantitative estimate of drug-likeness (QED) is 0.0292. The maximum atomic E-state index is 13.2. The number of hydrogen-bond donors (Lipinski definition) is 0. The van der Waals surface area contributed by atoms with Gasteiger partial charge in [-0.25, -0.2) is 9.59 Å². The molecule has 2 rings (SSSR count). The molecular weight excluding hydrogens is 1280 g/mol. The Morgan fingerprint density at radius 2 is 1.09 bits per heavy atom. The molecule has 0 saturated heterocycles. The summed E-state index contributed by atoms with van der Waals surface area (Å²) in [5.41, 5.74) is 0.856. The highest BCUT2D eigenvalue weighted by Crippen LogP contribution is 2.25. The van der Waals surface area contributed by atoms with Gasteiger partial charge in [-0.05, 0) is 192 Å². The molecule has 1 unspecified atom stereocenters. The summed E-state index contributed by atoms with van der Waals surface area (Å²) in [4.78, 5) is 38.8. The van der Waals surface area contributed by atoms with Crippen molar-refractivity contribution in [3.63, 3.8) is 0 Å². The van der Waals surface area contributed by atoms with Crippen LogP contribution in [0.5, 0.6) is 0 Å². The number of ether oxygens (including phenoxy) is 3. The molecule has 2 aromatic carbocycles. The van der Waals surface area contributed by atoms with Crippen LogP contribution in [0, 0.1) is 21.4 Å². The van der Waals surface area contributed by atoms with E-state index in [9.17, 15) is 14.4 Å². The molecule has 260 valence electrons. The molecule has 1 atom stereocenters. The summed E-state index contributed by atoms with van der Waals surface area (Å²) in [6.45, 7) is 1.82. The predicted molar refractivity (Wildman–Crippen MR) is 239 cm³/mol. The fourth-order valence-corrected chi connectivity index (χ4v) is 9.34. The summed E-state index contributed by atoms with van der Waals surface area (Å²) in [5.74, 6) is -1.43. The largest absolute Gasteiger partial charge is 0.462 e. The molecule has 0 aliphatic carbocycles. The van der Waals surface area contributed by atoms with Gasteiger partial charge in [0.2, 0.25) is 0 Å². The number of rotatable bonds is 22. The highest BCUT2D eigenvalue weighted by Gasteiger charge is 2.24. The van der Waals surface area contributed by atoms with E-state index in [-0.39, 0.29) is 19.2 Å². The average molecular weight is 1320 g/mol. The van der Waals surface area contributed by atoms with Gasteiger partial charge in [0, 0.05) is 27.8 Å². The highest BCUT2D eigenvalue weighted by atomic mass is 127. The lowest BCUT2D eigenvalue weighted by Gasteiger charge is -2.19. The monoisotopic (exact) mass is 1320 g/mol. The molecular formula is C35H42I6O6. The van der Waals surface area contributed by atoms with Crippen LogP contribution in [0.3, 0.4) is 0 Å². The molecule has 0 aromatic heterocycles. The SMILES string of the molecule is CCCCCCCC/C=C\CCCCCCCC(=O)OCC(COC(=O)c1cc(I)cc(I)c1I)OC(=O)c1cc(I)cc(I)c1I. The van der Waals surface area contributed by atoms with Crippen LogP contribution in [0.4, 0.5) is 0 Å². The Bertz CT molecular complexity index is 1330. The van der Waals surface area contributed by atoms with Crippen molar-refractivity contribution < 1.29 is 28.6 Å². The second-order valence-corrected chi connectivity index (χ2v) is 18.1. The topological polar surface area (TPSA) is 78.9 Å². The molecule has 0 N–H and O–H groups in total. The number of carbonyl (C=O) groups is 3. The van der Waals surface area contributed by atoms with Crippen LogP contribution >= 0.6 is 136 Å². The highest BCUT2D eigenvalue weighted by molar-refractivity contribution is 14.1. The Hall–Kier alpha value is 0.970. The van der Waals surface area contributed by atoms with E-state index < -0.39 is 18.0 Å². The van der Waals surface area contributed by atoms with Gasteiger partial charge in [-0.3, -0.25) is 4.79 Å². The van der Waals surface area contributed by atoms with Gasteiger partial charge >= 0.3 is 17.9 Å². The zero-order valence-electron chi connectivity index (χ0n) is 26.6. The number of benzene rings is 2. The fraction of sp³-hybridized carbons (Fsp3) is 0.514. The van der Waals surface area contributed by atoms with Crippen molar-refractivity contribution in [3.8, 4) is 0 Å². The molecule has 12 heteroatoms. The van der Waals surface area contributed by atoms with Crippen molar-refractivity contribution in [1.82, 2.24) is 0 Å². The molecule has 0 amide bonds. The number of halogens is 6. The van der Waals surface area contributed by atoms with E-state index in [4.69, 9.17) is 14.2 Å². The van der Waals surface area contributed by atoms with Crippen molar-refractivity contribution >= 4 is 153 Å². The molecule has 0 bridgehead atoms. The van der Waals surface area contributed by atoms with Crippen molar-refractivity contribution in [1.29, 1.82) is 0 Å². The smallest absolute Gasteiger partial charge is 0.339 e. The number of allylic oxidation sites excluding steroid dienone is 2. The minimum absolute atomic E-state index is 0.193. The molecule has 0 heterocycles. The van der Waals surface area contributed by atoms with Crippen molar-refractivity contribution in [3.05, 3.63) is 69.0 Å². The summed E-state index contributed by atoms with van der Waals surface area (Å²) >= 11 is 12.9. The third-order valence-corrected chi connectivity index (χ3v) is 14.5. The first-order valence-electron chi connectivity index (χ1n) is 16.0. The lowest BCUT2D eigenvalue weighted by molar-refractivity contribution is -0.147. The summed E-state index contributed by atoms with van der Waals surface area (Å²) in [6, 6.07) is 7.47. The zero-order valence-corrected chi connectivity index (χ0v) is 39.5. The summed E-state index contributed by atoms with van der Waals surface area (Å²) in [5, 5.41) is 0. The minimum Gasteiger partial charge on any atom is -0.462 e. The normalized spacial score (nSPS) is 11.9. The molecule has 0 aliphatic rings. The van der Waals surface area contributed by atoms with E-state index >= 15 is 0 Å².